The minimum atomic E-state index is -0.147. The highest BCUT2D eigenvalue weighted by Crippen LogP contribution is 2.29. The molecule has 2 aliphatic heterocycles. The number of fused-ring (bicyclic) bond motifs is 1. The third-order valence-corrected chi connectivity index (χ3v) is 4.92. The standard InChI is InChI=1S/C20H22N4O2/c25-19-14-24(18-9-5-4-8-17(18)21-19)20(26)15-22-10-12-23(13-11-22)16-6-2-1-3-7-16/h1-9H,10-15H2,(H,21,25). The number of piperazine rings is 1. The lowest BCUT2D eigenvalue weighted by Crippen LogP contribution is -2.52. The molecule has 0 radical (unpaired) electrons. The van der Waals surface area contributed by atoms with Crippen molar-refractivity contribution in [2.45, 2.75) is 0 Å². The zero-order valence-electron chi connectivity index (χ0n) is 14.6. The van der Waals surface area contributed by atoms with Crippen LogP contribution in [0.2, 0.25) is 0 Å². The predicted molar refractivity (Wildman–Crippen MR) is 103 cm³/mol. The third kappa shape index (κ3) is 3.41. The van der Waals surface area contributed by atoms with Gasteiger partial charge in [0.2, 0.25) is 11.8 Å². The van der Waals surface area contributed by atoms with Crippen LogP contribution in [0.4, 0.5) is 17.1 Å². The van der Waals surface area contributed by atoms with Gasteiger partial charge < -0.3 is 10.2 Å². The summed E-state index contributed by atoms with van der Waals surface area (Å²) in [6, 6.07) is 17.8. The Morgan fingerprint density at radius 1 is 0.923 bits per heavy atom. The molecule has 0 bridgehead atoms. The number of nitrogens with zero attached hydrogens (tertiary/aromatic N) is 3. The molecule has 2 amide bonds. The van der Waals surface area contributed by atoms with Crippen molar-refractivity contribution >= 4 is 28.9 Å². The number of rotatable bonds is 3. The van der Waals surface area contributed by atoms with Crippen molar-refractivity contribution in [1.29, 1.82) is 0 Å². The fourth-order valence-corrected chi connectivity index (χ4v) is 3.54. The van der Waals surface area contributed by atoms with Crippen molar-refractivity contribution in [2.24, 2.45) is 0 Å². The molecule has 1 fully saturated rings. The van der Waals surface area contributed by atoms with Gasteiger partial charge in [0.15, 0.2) is 0 Å². The number of carbonyl (C=O) groups excluding carboxylic acids is 2. The number of anilines is 3. The summed E-state index contributed by atoms with van der Waals surface area (Å²) in [5, 5.41) is 2.82. The maximum Gasteiger partial charge on any atom is 0.244 e. The first-order valence-electron chi connectivity index (χ1n) is 8.92. The predicted octanol–water partition coefficient (Wildman–Crippen LogP) is 1.79. The highest BCUT2D eigenvalue weighted by molar-refractivity contribution is 6.10. The van der Waals surface area contributed by atoms with Crippen molar-refractivity contribution in [1.82, 2.24) is 4.90 Å². The van der Waals surface area contributed by atoms with Gasteiger partial charge in [-0.1, -0.05) is 30.3 Å². The topological polar surface area (TPSA) is 55.9 Å². The maximum atomic E-state index is 12.8. The SMILES string of the molecule is O=C1CN(C(=O)CN2CCN(c3ccccc3)CC2)c2ccccc2N1. The molecular weight excluding hydrogens is 328 g/mol. The van der Waals surface area contributed by atoms with E-state index in [0.717, 1.165) is 31.9 Å². The Morgan fingerprint density at radius 2 is 1.62 bits per heavy atom. The van der Waals surface area contributed by atoms with Crippen molar-refractivity contribution in [3.63, 3.8) is 0 Å². The van der Waals surface area contributed by atoms with E-state index in [0.29, 0.717) is 12.2 Å². The van der Waals surface area contributed by atoms with E-state index >= 15 is 0 Å². The van der Waals surface area contributed by atoms with Crippen molar-refractivity contribution in [2.75, 3.05) is 54.4 Å². The smallest absolute Gasteiger partial charge is 0.244 e. The molecule has 2 aliphatic rings. The average molecular weight is 350 g/mol. The van der Waals surface area contributed by atoms with Crippen LogP contribution >= 0.6 is 0 Å². The van der Waals surface area contributed by atoms with E-state index < -0.39 is 0 Å². The molecule has 2 aromatic rings. The molecule has 0 saturated carbocycles. The second kappa shape index (κ2) is 7.17. The monoisotopic (exact) mass is 350 g/mol. The number of nitrogens with one attached hydrogen (secondary N) is 1. The second-order valence-electron chi connectivity index (χ2n) is 6.64. The highest BCUT2D eigenvalue weighted by Gasteiger charge is 2.28. The Bertz CT molecular complexity index is 800. The number of hydrogen-bond donors (Lipinski definition) is 1. The van der Waals surface area contributed by atoms with Gasteiger partial charge in [-0.15, -0.1) is 0 Å². The van der Waals surface area contributed by atoms with E-state index in [1.54, 1.807) is 4.90 Å². The molecule has 134 valence electrons. The highest BCUT2D eigenvalue weighted by atomic mass is 16.2. The van der Waals surface area contributed by atoms with Crippen LogP contribution < -0.4 is 15.1 Å². The zero-order chi connectivity index (χ0) is 17.9. The van der Waals surface area contributed by atoms with E-state index in [1.165, 1.54) is 5.69 Å². The number of carbonyl (C=O) groups is 2. The van der Waals surface area contributed by atoms with E-state index in [1.807, 2.05) is 42.5 Å². The van der Waals surface area contributed by atoms with Gasteiger partial charge in [-0.2, -0.15) is 0 Å². The lowest BCUT2D eigenvalue weighted by atomic mass is 10.2. The van der Waals surface area contributed by atoms with Gasteiger partial charge in [-0.25, -0.2) is 0 Å². The molecule has 0 aliphatic carbocycles. The molecule has 6 heteroatoms. The molecule has 0 unspecified atom stereocenters. The van der Waals surface area contributed by atoms with Crippen LogP contribution in [-0.2, 0) is 9.59 Å². The van der Waals surface area contributed by atoms with Gasteiger partial charge in [-0.05, 0) is 24.3 Å². The molecule has 4 rings (SSSR count). The molecule has 1 N–H and O–H groups in total. The van der Waals surface area contributed by atoms with Crippen molar-refractivity contribution < 1.29 is 9.59 Å². The molecule has 0 atom stereocenters. The Kier molecular flexibility index (Phi) is 4.58. The van der Waals surface area contributed by atoms with Gasteiger partial charge >= 0.3 is 0 Å². The first-order chi connectivity index (χ1) is 12.7. The third-order valence-electron chi connectivity index (χ3n) is 4.92. The molecule has 2 heterocycles. The van der Waals surface area contributed by atoms with Gasteiger partial charge in [0, 0.05) is 31.9 Å². The Balaban J connectivity index is 1.38. The first kappa shape index (κ1) is 16.6. The summed E-state index contributed by atoms with van der Waals surface area (Å²) in [7, 11) is 0. The van der Waals surface area contributed by atoms with Crippen molar-refractivity contribution in [3.8, 4) is 0 Å². The minimum Gasteiger partial charge on any atom is -0.369 e. The summed E-state index contributed by atoms with van der Waals surface area (Å²) in [5.74, 6) is -0.175. The molecular formula is C20H22N4O2. The fourth-order valence-electron chi connectivity index (χ4n) is 3.54. The summed E-state index contributed by atoms with van der Waals surface area (Å²) in [6.45, 7) is 3.89. The zero-order valence-corrected chi connectivity index (χ0v) is 14.6. The van der Waals surface area contributed by atoms with E-state index in [2.05, 4.69) is 27.2 Å². The maximum absolute atomic E-state index is 12.8. The molecule has 0 aromatic heterocycles. The van der Waals surface area contributed by atoms with Crippen LogP contribution in [0.5, 0.6) is 0 Å². The molecule has 1 saturated heterocycles. The summed E-state index contributed by atoms with van der Waals surface area (Å²) >= 11 is 0. The van der Waals surface area contributed by atoms with E-state index in [-0.39, 0.29) is 18.4 Å². The van der Waals surface area contributed by atoms with Crippen LogP contribution in [0.25, 0.3) is 0 Å². The number of amides is 2. The molecule has 26 heavy (non-hydrogen) atoms. The quantitative estimate of drug-likeness (QED) is 0.917. The van der Waals surface area contributed by atoms with Gasteiger partial charge in [-0.3, -0.25) is 19.4 Å². The van der Waals surface area contributed by atoms with Crippen molar-refractivity contribution in [3.05, 3.63) is 54.6 Å². The Morgan fingerprint density at radius 3 is 2.38 bits per heavy atom. The Labute approximate surface area is 153 Å². The first-order valence-corrected chi connectivity index (χ1v) is 8.92. The Hall–Kier alpha value is -2.86. The molecule has 2 aromatic carbocycles. The molecule has 6 nitrogen and oxygen atoms in total. The molecule has 0 spiro atoms. The number of hydrogen-bond acceptors (Lipinski definition) is 4. The summed E-state index contributed by atoms with van der Waals surface area (Å²) in [5.41, 5.74) is 2.70. The number of benzene rings is 2. The summed E-state index contributed by atoms with van der Waals surface area (Å²) in [4.78, 5) is 30.8. The minimum absolute atomic E-state index is 0.0274. The second-order valence-corrected chi connectivity index (χ2v) is 6.64. The van der Waals surface area contributed by atoms with Crippen LogP contribution in [-0.4, -0.2) is 56.0 Å². The van der Waals surface area contributed by atoms with E-state index in [9.17, 15) is 9.59 Å². The van der Waals surface area contributed by atoms with E-state index in [4.69, 9.17) is 0 Å². The largest absolute Gasteiger partial charge is 0.369 e. The number of para-hydroxylation sites is 3. The van der Waals surface area contributed by atoms with Crippen LogP contribution in [0, 0.1) is 0 Å². The lowest BCUT2D eigenvalue weighted by molar-refractivity contribution is -0.122. The van der Waals surface area contributed by atoms with Gasteiger partial charge in [0.25, 0.3) is 0 Å². The average Bonchev–Trinajstić information content (AvgIpc) is 2.68. The van der Waals surface area contributed by atoms with Gasteiger partial charge in [0.05, 0.1) is 17.9 Å². The summed E-state index contributed by atoms with van der Waals surface area (Å²) in [6.07, 6.45) is 0. The van der Waals surface area contributed by atoms with Gasteiger partial charge in [0.1, 0.15) is 6.54 Å². The van der Waals surface area contributed by atoms with Crippen LogP contribution in [0.15, 0.2) is 54.6 Å². The lowest BCUT2D eigenvalue weighted by Gasteiger charge is -2.37. The fraction of sp³-hybridized carbons (Fsp3) is 0.300. The normalized spacial score (nSPS) is 17.6. The van der Waals surface area contributed by atoms with Crippen LogP contribution in [0.3, 0.4) is 0 Å². The summed E-state index contributed by atoms with van der Waals surface area (Å²) < 4.78 is 0. The van der Waals surface area contributed by atoms with Crippen LogP contribution in [0.1, 0.15) is 0 Å².